The van der Waals surface area contributed by atoms with Crippen LogP contribution in [0.5, 0.6) is 0 Å². The summed E-state index contributed by atoms with van der Waals surface area (Å²) in [6, 6.07) is 5.78. The van der Waals surface area contributed by atoms with Crippen molar-refractivity contribution >= 4 is 23.2 Å². The van der Waals surface area contributed by atoms with Crippen molar-refractivity contribution in [1.29, 1.82) is 0 Å². The number of nitrogens with one attached hydrogen (secondary N) is 1. The van der Waals surface area contributed by atoms with E-state index in [1.165, 1.54) is 12.3 Å². The molecule has 30 heavy (non-hydrogen) atoms. The molecule has 0 spiro atoms. The van der Waals surface area contributed by atoms with Crippen LogP contribution in [-0.2, 0) is 21.1 Å². The average molecular weight is 443 g/mol. The highest BCUT2D eigenvalue weighted by atomic mass is 35.5. The van der Waals surface area contributed by atoms with Gasteiger partial charge in [0.05, 0.1) is 34.3 Å². The highest BCUT2D eigenvalue weighted by Crippen LogP contribution is 2.77. The number of aliphatic hydroxyl groups excluding tert-OH is 1. The van der Waals surface area contributed by atoms with Crippen LogP contribution in [0.4, 0.5) is 23.2 Å². The second-order valence-electron chi connectivity index (χ2n) is 7.98. The van der Waals surface area contributed by atoms with Gasteiger partial charge in [-0.05, 0) is 42.3 Å². The molecule has 5 atom stereocenters. The molecule has 5 rings (SSSR count). The van der Waals surface area contributed by atoms with E-state index in [1.807, 2.05) is 0 Å². The maximum absolute atomic E-state index is 13.8. The van der Waals surface area contributed by atoms with Gasteiger partial charge in [0.15, 0.2) is 0 Å². The molecule has 2 bridgehead atoms. The summed E-state index contributed by atoms with van der Waals surface area (Å²) in [7, 11) is 0. The molecule has 158 valence electrons. The third-order valence-electron chi connectivity index (χ3n) is 6.56. The molecule has 0 radical (unpaired) electrons. The van der Waals surface area contributed by atoms with Gasteiger partial charge in [0, 0.05) is 23.7 Å². The molecular weight excluding hydrogens is 428 g/mol. The summed E-state index contributed by atoms with van der Waals surface area (Å²) in [5.74, 6) is -1.18. The Morgan fingerprint density at radius 3 is 2.73 bits per heavy atom. The zero-order chi connectivity index (χ0) is 21.5. The summed E-state index contributed by atoms with van der Waals surface area (Å²) in [6.45, 7) is 0. The molecule has 10 heteroatoms. The van der Waals surface area contributed by atoms with Crippen LogP contribution in [-0.4, -0.2) is 34.3 Å². The molecule has 2 N–H and O–H groups in total. The second kappa shape index (κ2) is 6.15. The van der Waals surface area contributed by atoms with Gasteiger partial charge in [-0.1, -0.05) is 11.6 Å². The molecule has 1 aliphatic carbocycles. The largest absolute Gasteiger partial charge is 0.417 e. The highest BCUT2D eigenvalue weighted by Gasteiger charge is 2.87. The van der Waals surface area contributed by atoms with E-state index < -0.39 is 57.8 Å². The Morgan fingerprint density at radius 2 is 2.07 bits per heavy atom. The van der Waals surface area contributed by atoms with Crippen LogP contribution in [0.1, 0.15) is 24.0 Å². The number of pyridine rings is 1. The van der Waals surface area contributed by atoms with Crippen LogP contribution in [0.15, 0.2) is 36.5 Å². The maximum Gasteiger partial charge on any atom is 0.417 e. The van der Waals surface area contributed by atoms with E-state index >= 15 is 0 Å². The first kappa shape index (κ1) is 19.7. The highest BCUT2D eigenvalue weighted by molar-refractivity contribution is 6.31. The van der Waals surface area contributed by atoms with E-state index in [1.54, 1.807) is 6.07 Å². The maximum atomic E-state index is 13.8. The summed E-state index contributed by atoms with van der Waals surface area (Å²) >= 11 is 5.75. The van der Waals surface area contributed by atoms with E-state index in [0.29, 0.717) is 12.0 Å². The zero-order valence-corrected chi connectivity index (χ0v) is 16.0. The van der Waals surface area contributed by atoms with Gasteiger partial charge in [-0.15, -0.1) is 0 Å². The van der Waals surface area contributed by atoms with Crippen molar-refractivity contribution in [3.63, 3.8) is 0 Å². The molecule has 2 saturated heterocycles. The van der Waals surface area contributed by atoms with Crippen molar-refractivity contribution in [2.24, 2.45) is 5.41 Å². The van der Waals surface area contributed by atoms with Crippen molar-refractivity contribution in [1.82, 2.24) is 4.98 Å². The Hall–Kier alpha value is -2.23. The fourth-order valence-electron chi connectivity index (χ4n) is 5.28. The first-order valence-corrected chi connectivity index (χ1v) is 9.61. The van der Waals surface area contributed by atoms with Crippen LogP contribution >= 0.6 is 11.6 Å². The summed E-state index contributed by atoms with van der Waals surface area (Å²) in [4.78, 5) is 16.8. The zero-order valence-electron chi connectivity index (χ0n) is 15.2. The van der Waals surface area contributed by atoms with Crippen molar-refractivity contribution in [2.75, 3.05) is 5.32 Å². The fraction of sp³-hybridized carbons (Fsp3) is 0.400. The normalized spacial score (nSPS) is 34.0. The number of nitrogens with zero attached hydrogens (tertiary/aromatic N) is 1. The quantitative estimate of drug-likeness (QED) is 0.562. The van der Waals surface area contributed by atoms with E-state index in [0.717, 1.165) is 18.2 Å². The third-order valence-corrected chi connectivity index (χ3v) is 6.87. The van der Waals surface area contributed by atoms with Gasteiger partial charge in [-0.25, -0.2) is 4.98 Å². The first-order valence-electron chi connectivity index (χ1n) is 9.23. The number of ether oxygens (including phenoxy) is 1. The third kappa shape index (κ3) is 2.48. The number of halogens is 5. The van der Waals surface area contributed by atoms with Crippen molar-refractivity contribution in [3.05, 3.63) is 58.6 Å². The minimum Gasteiger partial charge on any atom is -0.390 e. The SMILES string of the molecule is O=C(Nc1ccc(C(F)(F)F)c(Cl)c1)[C@]12C[C@@]1(c1ccnc(F)c1)[C@H]1O[C@@H]2C[C@@H]1O. The fourth-order valence-corrected chi connectivity index (χ4v) is 5.57. The van der Waals surface area contributed by atoms with Crippen molar-refractivity contribution < 1.29 is 32.2 Å². The lowest BCUT2D eigenvalue weighted by atomic mass is 9.74. The lowest BCUT2D eigenvalue weighted by Gasteiger charge is -2.29. The number of fused-ring (bicyclic) bond motifs is 5. The number of hydrogen-bond donors (Lipinski definition) is 2. The van der Waals surface area contributed by atoms with Crippen LogP contribution in [0.2, 0.25) is 5.02 Å². The van der Waals surface area contributed by atoms with Crippen LogP contribution in [0, 0.1) is 11.4 Å². The predicted octanol–water partition coefficient (Wildman–Crippen LogP) is 3.69. The summed E-state index contributed by atoms with van der Waals surface area (Å²) in [5.41, 5.74) is -2.36. The molecule has 0 unspecified atom stereocenters. The number of aromatic nitrogens is 1. The van der Waals surface area contributed by atoms with E-state index in [-0.39, 0.29) is 12.1 Å². The van der Waals surface area contributed by atoms with Gasteiger partial charge in [0.1, 0.15) is 0 Å². The van der Waals surface area contributed by atoms with E-state index in [2.05, 4.69) is 10.3 Å². The number of benzene rings is 1. The molecule has 2 aliphatic heterocycles. The minimum atomic E-state index is -4.61. The molecule has 3 fully saturated rings. The number of carbonyl (C=O) groups excluding carboxylic acids is 1. The number of rotatable bonds is 3. The lowest BCUT2D eigenvalue weighted by molar-refractivity contribution is -0.137. The van der Waals surface area contributed by atoms with Crippen LogP contribution in [0.25, 0.3) is 0 Å². The first-order chi connectivity index (χ1) is 14.1. The van der Waals surface area contributed by atoms with Gasteiger partial charge in [0.25, 0.3) is 0 Å². The van der Waals surface area contributed by atoms with Gasteiger partial charge < -0.3 is 15.2 Å². The second-order valence-corrected chi connectivity index (χ2v) is 8.39. The van der Waals surface area contributed by atoms with E-state index in [4.69, 9.17) is 16.3 Å². The monoisotopic (exact) mass is 442 g/mol. The topological polar surface area (TPSA) is 71.5 Å². The predicted molar refractivity (Wildman–Crippen MR) is 97.3 cm³/mol. The summed E-state index contributed by atoms with van der Waals surface area (Å²) < 4.78 is 58.4. The molecule has 1 saturated carbocycles. The Labute approximate surface area is 173 Å². The molecule has 2 aromatic rings. The summed E-state index contributed by atoms with van der Waals surface area (Å²) in [5, 5.41) is 12.5. The molecule has 3 aliphatic rings. The Balaban J connectivity index is 1.48. The van der Waals surface area contributed by atoms with E-state index in [9.17, 15) is 27.5 Å². The Bertz CT molecular complexity index is 1060. The number of alkyl halides is 3. The number of amides is 1. The Morgan fingerprint density at radius 1 is 1.30 bits per heavy atom. The van der Waals surface area contributed by atoms with Gasteiger partial charge in [-0.2, -0.15) is 17.6 Å². The van der Waals surface area contributed by atoms with Crippen LogP contribution < -0.4 is 5.32 Å². The smallest absolute Gasteiger partial charge is 0.390 e. The molecule has 5 nitrogen and oxygen atoms in total. The van der Waals surface area contributed by atoms with Gasteiger partial charge in [0.2, 0.25) is 11.9 Å². The standard InChI is InChI=1S/C20H15ClF4N2O3/c21-12-6-10(1-2-11(12)20(23,24)25)27-17(29)19-8-18(19,9-3-4-26-15(22)5-9)16-13(28)7-14(19)30-16/h1-6,13-14,16,28H,7-8H2,(H,27,29)/t13-,14+,16-,18+,19+/m0/s1. The van der Waals surface area contributed by atoms with Crippen molar-refractivity contribution in [3.8, 4) is 0 Å². The lowest BCUT2D eigenvalue weighted by Crippen LogP contribution is -2.44. The molecular formula is C20H15ClF4N2O3. The molecule has 3 heterocycles. The molecule has 1 amide bonds. The number of anilines is 1. The number of aliphatic hydroxyl groups is 1. The number of hydrogen-bond acceptors (Lipinski definition) is 4. The van der Waals surface area contributed by atoms with Gasteiger partial charge >= 0.3 is 6.18 Å². The average Bonchev–Trinajstić information content (AvgIpc) is 3.15. The Kier molecular flexibility index (Phi) is 4.04. The minimum absolute atomic E-state index is 0.109. The van der Waals surface area contributed by atoms with Crippen LogP contribution in [0.3, 0.4) is 0 Å². The van der Waals surface area contributed by atoms with Gasteiger partial charge in [-0.3, -0.25) is 4.79 Å². The number of carbonyl (C=O) groups is 1. The molecule has 1 aromatic carbocycles. The summed E-state index contributed by atoms with van der Waals surface area (Å²) in [6.07, 6.45) is -4.80. The van der Waals surface area contributed by atoms with Crippen molar-refractivity contribution in [2.45, 2.75) is 42.7 Å². The molecule has 1 aromatic heterocycles.